The Kier molecular flexibility index (Phi) is 4.13. The number of aromatic nitrogens is 2. The van der Waals surface area contributed by atoms with Crippen molar-refractivity contribution < 1.29 is 26.3 Å². The van der Waals surface area contributed by atoms with E-state index in [-0.39, 0.29) is 10.1 Å². The fourth-order valence-electron chi connectivity index (χ4n) is 1.32. The molecule has 2 aromatic rings. The summed E-state index contributed by atoms with van der Waals surface area (Å²) >= 11 is 0.869. The van der Waals surface area contributed by atoms with Gasteiger partial charge in [0.25, 0.3) is 0 Å². The standard InChI is InChI=1S/C12H6F6N2S/c13-11(14,15)7-1-3-9(19-5-7)21-10-4-2-8(6-20-10)12(16,17)18/h1-6H. The molecule has 0 N–H and O–H groups in total. The maximum absolute atomic E-state index is 12.3. The van der Waals surface area contributed by atoms with Crippen LogP contribution in [0.1, 0.15) is 11.1 Å². The highest BCUT2D eigenvalue weighted by atomic mass is 32.2. The Morgan fingerprint density at radius 1 is 0.667 bits per heavy atom. The highest BCUT2D eigenvalue weighted by molar-refractivity contribution is 7.99. The van der Waals surface area contributed by atoms with Gasteiger partial charge in [-0.15, -0.1) is 0 Å². The topological polar surface area (TPSA) is 25.8 Å². The molecule has 21 heavy (non-hydrogen) atoms. The number of pyridine rings is 2. The normalized spacial score (nSPS) is 12.5. The van der Waals surface area contributed by atoms with E-state index in [1.807, 2.05) is 0 Å². The molecule has 0 fully saturated rings. The molecule has 0 aliphatic carbocycles. The monoisotopic (exact) mass is 324 g/mol. The van der Waals surface area contributed by atoms with Crippen LogP contribution in [0.25, 0.3) is 0 Å². The number of rotatable bonds is 2. The minimum Gasteiger partial charge on any atom is -0.249 e. The third-order valence-electron chi connectivity index (χ3n) is 2.34. The van der Waals surface area contributed by atoms with Crippen molar-refractivity contribution in [2.75, 3.05) is 0 Å². The Labute approximate surface area is 119 Å². The Balaban J connectivity index is 2.12. The van der Waals surface area contributed by atoms with Gasteiger partial charge in [-0.1, -0.05) is 11.8 Å². The van der Waals surface area contributed by atoms with E-state index in [2.05, 4.69) is 9.97 Å². The molecule has 2 nitrogen and oxygen atoms in total. The first-order valence-corrected chi connectivity index (χ1v) is 6.22. The summed E-state index contributed by atoms with van der Waals surface area (Å²) in [5, 5.41) is 0.408. The molecule has 0 bridgehead atoms. The van der Waals surface area contributed by atoms with Gasteiger partial charge < -0.3 is 0 Å². The van der Waals surface area contributed by atoms with Crippen molar-refractivity contribution >= 4 is 11.8 Å². The predicted molar refractivity (Wildman–Crippen MR) is 62.6 cm³/mol. The molecule has 0 aromatic carbocycles. The van der Waals surface area contributed by atoms with Crippen LogP contribution in [0, 0.1) is 0 Å². The van der Waals surface area contributed by atoms with Gasteiger partial charge in [0.05, 0.1) is 11.1 Å². The smallest absolute Gasteiger partial charge is 0.249 e. The van der Waals surface area contributed by atoms with Gasteiger partial charge in [0.1, 0.15) is 10.1 Å². The highest BCUT2D eigenvalue weighted by Crippen LogP contribution is 2.32. The minimum atomic E-state index is -4.48. The van der Waals surface area contributed by atoms with Crippen LogP contribution in [0.15, 0.2) is 46.7 Å². The molecule has 0 aliphatic rings. The lowest BCUT2D eigenvalue weighted by atomic mass is 10.3. The lowest BCUT2D eigenvalue weighted by Crippen LogP contribution is -2.05. The van der Waals surface area contributed by atoms with Crippen LogP contribution >= 0.6 is 11.8 Å². The SMILES string of the molecule is FC(F)(F)c1ccc(Sc2ccc(C(F)(F)F)cn2)nc1. The molecular formula is C12H6F6N2S. The van der Waals surface area contributed by atoms with Crippen LogP contribution in [0.4, 0.5) is 26.3 Å². The van der Waals surface area contributed by atoms with Crippen LogP contribution in [-0.2, 0) is 12.4 Å². The fourth-order valence-corrected chi connectivity index (χ4v) is 2.02. The van der Waals surface area contributed by atoms with Crippen LogP contribution < -0.4 is 0 Å². The molecule has 9 heteroatoms. The fraction of sp³-hybridized carbons (Fsp3) is 0.167. The largest absolute Gasteiger partial charge is 0.417 e. The summed E-state index contributed by atoms with van der Waals surface area (Å²) in [4.78, 5) is 7.18. The van der Waals surface area contributed by atoms with Gasteiger partial charge in [-0.3, -0.25) is 0 Å². The highest BCUT2D eigenvalue weighted by Gasteiger charge is 2.31. The van der Waals surface area contributed by atoms with Gasteiger partial charge in [-0.05, 0) is 24.3 Å². The van der Waals surface area contributed by atoms with Gasteiger partial charge in [0.15, 0.2) is 0 Å². The summed E-state index contributed by atoms with van der Waals surface area (Å²) < 4.78 is 74.0. The van der Waals surface area contributed by atoms with Gasteiger partial charge in [-0.25, -0.2) is 9.97 Å². The van der Waals surface area contributed by atoms with E-state index in [4.69, 9.17) is 0 Å². The molecule has 0 radical (unpaired) electrons. The molecular weight excluding hydrogens is 318 g/mol. The Morgan fingerprint density at radius 3 is 1.29 bits per heavy atom. The molecule has 0 unspecified atom stereocenters. The molecule has 2 aromatic heterocycles. The third-order valence-corrected chi connectivity index (χ3v) is 3.24. The van der Waals surface area contributed by atoms with Crippen molar-refractivity contribution in [3.63, 3.8) is 0 Å². The zero-order valence-corrected chi connectivity index (χ0v) is 10.9. The number of alkyl halides is 6. The summed E-state index contributed by atoms with van der Waals surface area (Å²) in [6.07, 6.45) is -7.65. The van der Waals surface area contributed by atoms with E-state index in [0.717, 1.165) is 36.0 Å². The lowest BCUT2D eigenvalue weighted by Gasteiger charge is -2.07. The van der Waals surface area contributed by atoms with Crippen molar-refractivity contribution in [2.24, 2.45) is 0 Å². The average Bonchev–Trinajstić information content (AvgIpc) is 2.38. The van der Waals surface area contributed by atoms with Gasteiger partial charge in [0, 0.05) is 12.4 Å². The van der Waals surface area contributed by atoms with E-state index >= 15 is 0 Å². The summed E-state index contributed by atoms with van der Waals surface area (Å²) in [5.41, 5.74) is -1.79. The maximum atomic E-state index is 12.3. The summed E-state index contributed by atoms with van der Waals surface area (Å²) in [6, 6.07) is 3.96. The van der Waals surface area contributed by atoms with E-state index in [1.54, 1.807) is 0 Å². The predicted octanol–water partition coefficient (Wildman–Crippen LogP) is 4.67. The van der Waals surface area contributed by atoms with Crippen LogP contribution in [-0.4, -0.2) is 9.97 Å². The zero-order valence-electron chi connectivity index (χ0n) is 10.0. The van der Waals surface area contributed by atoms with Crippen molar-refractivity contribution in [1.29, 1.82) is 0 Å². The Morgan fingerprint density at radius 2 is 1.05 bits per heavy atom. The summed E-state index contributed by atoms with van der Waals surface area (Å²) in [6.45, 7) is 0. The van der Waals surface area contributed by atoms with E-state index in [9.17, 15) is 26.3 Å². The number of hydrogen-bond acceptors (Lipinski definition) is 3. The molecule has 0 aliphatic heterocycles. The summed E-state index contributed by atoms with van der Waals surface area (Å²) in [5.74, 6) is 0. The Hall–Kier alpha value is -1.77. The lowest BCUT2D eigenvalue weighted by molar-refractivity contribution is -0.138. The van der Waals surface area contributed by atoms with Crippen LogP contribution in [0.5, 0.6) is 0 Å². The minimum absolute atomic E-state index is 0.204. The van der Waals surface area contributed by atoms with Crippen LogP contribution in [0.3, 0.4) is 0 Å². The second-order valence-electron chi connectivity index (χ2n) is 3.87. The molecule has 0 saturated heterocycles. The van der Waals surface area contributed by atoms with Crippen molar-refractivity contribution in [2.45, 2.75) is 22.4 Å². The average molecular weight is 324 g/mol. The first-order valence-electron chi connectivity index (χ1n) is 5.40. The number of nitrogens with zero attached hydrogens (tertiary/aromatic N) is 2. The zero-order chi connectivity index (χ0) is 15.7. The molecule has 0 amide bonds. The summed E-state index contributed by atoms with van der Waals surface area (Å²) in [7, 11) is 0. The molecule has 0 atom stereocenters. The first kappa shape index (κ1) is 15.6. The first-order chi connectivity index (χ1) is 9.66. The van der Waals surface area contributed by atoms with Crippen LogP contribution in [0.2, 0.25) is 0 Å². The third kappa shape index (κ3) is 4.10. The Bertz CT molecular complexity index is 548. The van der Waals surface area contributed by atoms with Crippen molar-refractivity contribution in [3.05, 3.63) is 47.8 Å². The number of hydrogen-bond donors (Lipinski definition) is 0. The molecule has 0 spiro atoms. The molecule has 2 heterocycles. The molecule has 0 saturated carbocycles. The van der Waals surface area contributed by atoms with E-state index in [0.29, 0.717) is 12.4 Å². The van der Waals surface area contributed by atoms with Gasteiger partial charge in [-0.2, -0.15) is 26.3 Å². The van der Waals surface area contributed by atoms with Crippen molar-refractivity contribution in [3.8, 4) is 0 Å². The second kappa shape index (κ2) is 5.55. The van der Waals surface area contributed by atoms with E-state index in [1.165, 1.54) is 0 Å². The quantitative estimate of drug-likeness (QED) is 0.751. The molecule has 112 valence electrons. The van der Waals surface area contributed by atoms with Crippen molar-refractivity contribution in [1.82, 2.24) is 9.97 Å². The van der Waals surface area contributed by atoms with E-state index < -0.39 is 23.5 Å². The van der Waals surface area contributed by atoms with Gasteiger partial charge in [0.2, 0.25) is 0 Å². The molecule has 2 rings (SSSR count). The number of halogens is 6. The second-order valence-corrected chi connectivity index (χ2v) is 4.91. The van der Waals surface area contributed by atoms with Gasteiger partial charge >= 0.3 is 12.4 Å². The maximum Gasteiger partial charge on any atom is 0.417 e.